The van der Waals surface area contributed by atoms with E-state index in [-0.39, 0.29) is 24.3 Å². The molecule has 6 heteroatoms. The molecule has 0 bridgehead atoms. The van der Waals surface area contributed by atoms with Crippen LogP contribution in [0.25, 0.3) is 0 Å². The van der Waals surface area contributed by atoms with Gasteiger partial charge in [-0.3, -0.25) is 4.79 Å². The average Bonchev–Trinajstić information content (AvgIpc) is 2.13. The summed E-state index contributed by atoms with van der Waals surface area (Å²) in [7, 11) is 1.29. The van der Waals surface area contributed by atoms with Gasteiger partial charge in [0.15, 0.2) is 11.3 Å². The maximum atomic E-state index is 11.3. The molecule has 0 aliphatic carbocycles. The smallest absolute Gasteiger partial charge is 0.335 e. The minimum atomic E-state index is -1.05. The standard InChI is InChI=1S/C10H18N2O3.V/c1-7(13)9(2,3)11-12-10(4,5)8(14)15-6;/h1-6H3;. The summed E-state index contributed by atoms with van der Waals surface area (Å²) < 4.78 is 4.56. The Morgan fingerprint density at radius 3 is 1.69 bits per heavy atom. The molecular formula is C10H18N2O3V. The van der Waals surface area contributed by atoms with Crippen LogP contribution in [-0.4, -0.2) is 29.9 Å². The third kappa shape index (κ3) is 4.90. The van der Waals surface area contributed by atoms with Gasteiger partial charge in [0, 0.05) is 18.6 Å². The number of azo groups is 1. The molecule has 0 unspecified atom stereocenters. The van der Waals surface area contributed by atoms with Crippen molar-refractivity contribution in [3.8, 4) is 0 Å². The zero-order valence-electron chi connectivity index (χ0n) is 10.6. The summed E-state index contributed by atoms with van der Waals surface area (Å²) in [6.45, 7) is 7.89. The number of Topliss-reactive ketones (excluding diaryl/α,β-unsaturated/α-hetero) is 1. The Hall–Kier alpha value is -0.676. The molecular weight excluding hydrogens is 247 g/mol. The third-order valence-corrected chi connectivity index (χ3v) is 2.10. The third-order valence-electron chi connectivity index (χ3n) is 2.10. The Morgan fingerprint density at radius 1 is 1.00 bits per heavy atom. The van der Waals surface area contributed by atoms with Crippen molar-refractivity contribution in [2.75, 3.05) is 7.11 Å². The predicted molar refractivity (Wildman–Crippen MR) is 55.7 cm³/mol. The molecule has 0 atom stereocenters. The van der Waals surface area contributed by atoms with E-state index in [1.165, 1.54) is 14.0 Å². The minimum absolute atomic E-state index is 0. The molecule has 0 amide bonds. The molecule has 0 aromatic carbocycles. The second-order valence-corrected chi connectivity index (χ2v) is 4.37. The number of methoxy groups -OCH3 is 1. The molecule has 0 rings (SSSR count). The number of carbonyl (C=O) groups is 2. The van der Waals surface area contributed by atoms with E-state index in [2.05, 4.69) is 15.0 Å². The summed E-state index contributed by atoms with van der Waals surface area (Å²) in [6, 6.07) is 0. The zero-order chi connectivity index (χ0) is 12.3. The summed E-state index contributed by atoms with van der Waals surface area (Å²) in [4.78, 5) is 22.4. The van der Waals surface area contributed by atoms with Crippen LogP contribution in [0, 0.1) is 0 Å². The van der Waals surface area contributed by atoms with E-state index in [1.54, 1.807) is 27.7 Å². The Balaban J connectivity index is 0. The van der Waals surface area contributed by atoms with Crippen molar-refractivity contribution < 1.29 is 32.9 Å². The van der Waals surface area contributed by atoms with E-state index in [1.807, 2.05) is 0 Å². The zero-order valence-corrected chi connectivity index (χ0v) is 12.0. The molecule has 0 fully saturated rings. The first-order chi connectivity index (χ1) is 6.63. The maximum Gasteiger partial charge on any atom is 0.335 e. The van der Waals surface area contributed by atoms with Crippen molar-refractivity contribution >= 4 is 11.8 Å². The average molecular weight is 265 g/mol. The fourth-order valence-electron chi connectivity index (χ4n) is 0.611. The molecule has 91 valence electrons. The molecule has 0 aromatic rings. The number of esters is 1. The van der Waals surface area contributed by atoms with Gasteiger partial charge < -0.3 is 4.74 Å². The number of ketones is 1. The summed E-state index contributed by atoms with van der Waals surface area (Å²) in [5.41, 5.74) is -1.95. The van der Waals surface area contributed by atoms with Crippen LogP contribution in [0.3, 0.4) is 0 Å². The van der Waals surface area contributed by atoms with Crippen LogP contribution < -0.4 is 0 Å². The van der Waals surface area contributed by atoms with Crippen molar-refractivity contribution in [2.24, 2.45) is 10.2 Å². The molecule has 0 aliphatic rings. The topological polar surface area (TPSA) is 68.1 Å². The van der Waals surface area contributed by atoms with Gasteiger partial charge in [-0.1, -0.05) is 0 Å². The van der Waals surface area contributed by atoms with E-state index in [0.29, 0.717) is 0 Å². The second kappa shape index (κ2) is 6.16. The number of hydrogen-bond acceptors (Lipinski definition) is 5. The van der Waals surface area contributed by atoms with Gasteiger partial charge in [0.2, 0.25) is 0 Å². The number of carbonyl (C=O) groups excluding carboxylic acids is 2. The molecule has 0 aromatic heterocycles. The Bertz CT molecular complexity index is 298. The summed E-state index contributed by atoms with van der Waals surface area (Å²) in [5, 5.41) is 7.72. The second-order valence-electron chi connectivity index (χ2n) is 4.37. The quantitative estimate of drug-likeness (QED) is 0.574. The predicted octanol–water partition coefficient (Wildman–Crippen LogP) is 1.76. The largest absolute Gasteiger partial charge is 0.467 e. The van der Waals surface area contributed by atoms with E-state index in [9.17, 15) is 9.59 Å². The molecule has 0 saturated heterocycles. The summed E-state index contributed by atoms with van der Waals surface area (Å²) in [6.07, 6.45) is 0. The molecule has 0 heterocycles. The Morgan fingerprint density at radius 2 is 1.38 bits per heavy atom. The van der Waals surface area contributed by atoms with Gasteiger partial charge in [-0.2, -0.15) is 10.2 Å². The molecule has 1 radical (unpaired) electrons. The Labute approximate surface area is 108 Å². The van der Waals surface area contributed by atoms with E-state index >= 15 is 0 Å². The van der Waals surface area contributed by atoms with E-state index in [0.717, 1.165) is 0 Å². The molecule has 0 saturated carbocycles. The van der Waals surface area contributed by atoms with Gasteiger partial charge in [-0.15, -0.1) is 0 Å². The van der Waals surface area contributed by atoms with Crippen molar-refractivity contribution in [1.82, 2.24) is 0 Å². The normalized spacial score (nSPS) is 12.1. The van der Waals surface area contributed by atoms with Gasteiger partial charge in [0.05, 0.1) is 7.11 Å². The van der Waals surface area contributed by atoms with Crippen LogP contribution >= 0.6 is 0 Å². The fourth-order valence-corrected chi connectivity index (χ4v) is 0.611. The van der Waals surface area contributed by atoms with Crippen LogP contribution in [0.4, 0.5) is 0 Å². The summed E-state index contributed by atoms with van der Waals surface area (Å²) >= 11 is 0. The van der Waals surface area contributed by atoms with E-state index < -0.39 is 17.0 Å². The molecule has 5 nitrogen and oxygen atoms in total. The molecule has 0 spiro atoms. The van der Waals surface area contributed by atoms with Crippen molar-refractivity contribution in [3.63, 3.8) is 0 Å². The van der Waals surface area contributed by atoms with Crippen molar-refractivity contribution in [1.29, 1.82) is 0 Å². The van der Waals surface area contributed by atoms with Crippen LogP contribution in [0.5, 0.6) is 0 Å². The van der Waals surface area contributed by atoms with Crippen molar-refractivity contribution in [2.45, 2.75) is 45.7 Å². The van der Waals surface area contributed by atoms with Crippen LogP contribution in [-0.2, 0) is 32.9 Å². The first kappa shape index (κ1) is 17.7. The fraction of sp³-hybridized carbons (Fsp3) is 0.800. The molecule has 0 aliphatic heterocycles. The monoisotopic (exact) mass is 265 g/mol. The minimum Gasteiger partial charge on any atom is -0.467 e. The van der Waals surface area contributed by atoms with Gasteiger partial charge >= 0.3 is 5.97 Å². The SMILES string of the molecule is COC(=O)C(C)(C)N=NC(C)(C)C(C)=O.[V]. The summed E-state index contributed by atoms with van der Waals surface area (Å²) in [5.74, 6) is -0.586. The molecule has 0 N–H and O–H groups in total. The Kier molecular flexibility index (Phi) is 6.81. The van der Waals surface area contributed by atoms with Gasteiger partial charge in [-0.25, -0.2) is 4.79 Å². The number of hydrogen-bond donors (Lipinski definition) is 0. The van der Waals surface area contributed by atoms with Gasteiger partial charge in [-0.05, 0) is 34.6 Å². The first-order valence-electron chi connectivity index (χ1n) is 4.67. The van der Waals surface area contributed by atoms with Crippen LogP contribution in [0.15, 0.2) is 10.2 Å². The number of rotatable bonds is 4. The van der Waals surface area contributed by atoms with Gasteiger partial charge in [0.1, 0.15) is 5.54 Å². The van der Waals surface area contributed by atoms with Crippen molar-refractivity contribution in [3.05, 3.63) is 0 Å². The van der Waals surface area contributed by atoms with Crippen LogP contribution in [0.2, 0.25) is 0 Å². The maximum absolute atomic E-state index is 11.3. The van der Waals surface area contributed by atoms with Gasteiger partial charge in [0.25, 0.3) is 0 Å². The van der Waals surface area contributed by atoms with Crippen LogP contribution in [0.1, 0.15) is 34.6 Å². The molecule has 16 heavy (non-hydrogen) atoms. The number of ether oxygens (including phenoxy) is 1. The first-order valence-corrected chi connectivity index (χ1v) is 4.67. The number of nitrogens with zero attached hydrogens (tertiary/aromatic N) is 2. The van der Waals surface area contributed by atoms with E-state index in [4.69, 9.17) is 0 Å².